The van der Waals surface area contributed by atoms with E-state index in [4.69, 9.17) is 0 Å². The Balaban J connectivity index is 1.91. The Bertz CT molecular complexity index is 470. The zero-order valence-electron chi connectivity index (χ0n) is 10.0. The Morgan fingerprint density at radius 3 is 2.06 bits per heavy atom. The predicted molar refractivity (Wildman–Crippen MR) is 65.9 cm³/mol. The van der Waals surface area contributed by atoms with Crippen molar-refractivity contribution in [3.63, 3.8) is 0 Å². The fourth-order valence-corrected chi connectivity index (χ4v) is 5.52. The first-order valence-electron chi connectivity index (χ1n) is 5.96. The van der Waals surface area contributed by atoms with Gasteiger partial charge in [-0.1, -0.05) is 12.8 Å². The van der Waals surface area contributed by atoms with Crippen LogP contribution in [0.2, 0.25) is 0 Å². The van der Waals surface area contributed by atoms with E-state index in [0.717, 1.165) is 25.7 Å². The van der Waals surface area contributed by atoms with Gasteiger partial charge in [0.05, 0.1) is 11.0 Å². The second kappa shape index (κ2) is 4.51. The Hall–Kier alpha value is -0.140. The van der Waals surface area contributed by atoms with Gasteiger partial charge in [0.25, 0.3) is 0 Å². The van der Waals surface area contributed by atoms with Crippen LogP contribution in [0.4, 0.5) is 0 Å². The highest BCUT2D eigenvalue weighted by molar-refractivity contribution is 7.92. The summed E-state index contributed by atoms with van der Waals surface area (Å²) in [4.78, 5) is 0. The summed E-state index contributed by atoms with van der Waals surface area (Å²) in [6.07, 6.45) is 5.38. The molecule has 1 aliphatic carbocycles. The first-order valence-corrected chi connectivity index (χ1v) is 9.52. The molecule has 0 aromatic carbocycles. The van der Waals surface area contributed by atoms with Crippen LogP contribution in [0.3, 0.4) is 0 Å². The van der Waals surface area contributed by atoms with E-state index in [1.807, 2.05) is 0 Å². The lowest BCUT2D eigenvalue weighted by molar-refractivity contribution is 0.308. The molecule has 0 atom stereocenters. The summed E-state index contributed by atoms with van der Waals surface area (Å²) >= 11 is 0. The van der Waals surface area contributed by atoms with E-state index in [-0.39, 0.29) is 24.8 Å². The molecule has 0 aromatic rings. The quantitative estimate of drug-likeness (QED) is 0.740. The van der Waals surface area contributed by atoms with Crippen molar-refractivity contribution < 1.29 is 16.8 Å². The summed E-state index contributed by atoms with van der Waals surface area (Å²) in [5, 5.41) is -0.499. The number of sulfone groups is 1. The Morgan fingerprint density at radius 2 is 1.59 bits per heavy atom. The molecule has 0 spiro atoms. The molecular formula is C10H19NO4S2. The summed E-state index contributed by atoms with van der Waals surface area (Å²) in [5.74, 6) is 0.473. The summed E-state index contributed by atoms with van der Waals surface area (Å²) in [6.45, 7) is 0.293. The lowest BCUT2D eigenvalue weighted by atomic mass is 10.1. The molecule has 0 aromatic heterocycles. The zero-order valence-corrected chi connectivity index (χ0v) is 11.6. The van der Waals surface area contributed by atoms with E-state index >= 15 is 0 Å². The van der Waals surface area contributed by atoms with Gasteiger partial charge in [0.2, 0.25) is 10.0 Å². The first-order chi connectivity index (χ1) is 7.79. The van der Waals surface area contributed by atoms with E-state index in [1.54, 1.807) is 0 Å². The molecular weight excluding hydrogens is 262 g/mol. The summed E-state index contributed by atoms with van der Waals surface area (Å²) < 4.78 is 47.7. The molecule has 0 bridgehead atoms. The van der Waals surface area contributed by atoms with Crippen molar-refractivity contribution in [2.75, 3.05) is 25.1 Å². The largest absolute Gasteiger partial charge is 0.229 e. The molecule has 0 N–H and O–H groups in total. The second-order valence-corrected chi connectivity index (χ2v) is 9.54. The van der Waals surface area contributed by atoms with Crippen molar-refractivity contribution >= 4 is 19.9 Å². The topological polar surface area (TPSA) is 71.5 Å². The number of hydrogen-bond acceptors (Lipinski definition) is 4. The van der Waals surface area contributed by atoms with Crippen molar-refractivity contribution in [1.82, 2.24) is 4.31 Å². The number of rotatable bonds is 4. The number of sulfonamides is 1. The molecule has 1 heterocycles. The average molecular weight is 281 g/mol. The van der Waals surface area contributed by atoms with E-state index in [1.165, 1.54) is 10.6 Å². The molecule has 0 unspecified atom stereocenters. The predicted octanol–water partition coefficient (Wildman–Crippen LogP) is 0.235. The molecule has 7 heteroatoms. The highest BCUT2D eigenvalue weighted by Gasteiger charge is 2.41. The first kappa shape index (κ1) is 13.3. The fraction of sp³-hybridized carbons (Fsp3) is 1.00. The van der Waals surface area contributed by atoms with E-state index in [0.29, 0.717) is 0 Å². The molecule has 100 valence electrons. The number of nitrogens with zero attached hydrogens (tertiary/aromatic N) is 1. The molecule has 2 aliphatic rings. The highest BCUT2D eigenvalue weighted by Crippen LogP contribution is 2.28. The van der Waals surface area contributed by atoms with E-state index in [2.05, 4.69) is 0 Å². The Morgan fingerprint density at radius 1 is 1.06 bits per heavy atom. The Kier molecular flexibility index (Phi) is 3.53. The van der Waals surface area contributed by atoms with Gasteiger partial charge in [-0.05, 0) is 18.8 Å². The molecule has 2 fully saturated rings. The lowest BCUT2D eigenvalue weighted by Gasteiger charge is -2.37. The van der Waals surface area contributed by atoms with Gasteiger partial charge in [-0.2, -0.15) is 4.31 Å². The summed E-state index contributed by atoms with van der Waals surface area (Å²) in [6, 6.07) is 0. The van der Waals surface area contributed by atoms with Crippen LogP contribution in [0.15, 0.2) is 0 Å². The van der Waals surface area contributed by atoms with Crippen LogP contribution in [0.1, 0.15) is 25.7 Å². The van der Waals surface area contributed by atoms with E-state index < -0.39 is 25.1 Å². The monoisotopic (exact) mass is 281 g/mol. The maximum Gasteiger partial charge on any atom is 0.214 e. The smallest absolute Gasteiger partial charge is 0.214 e. The van der Waals surface area contributed by atoms with Gasteiger partial charge in [0, 0.05) is 19.3 Å². The molecule has 1 aliphatic heterocycles. The minimum atomic E-state index is -3.23. The van der Waals surface area contributed by atoms with Crippen molar-refractivity contribution in [3.05, 3.63) is 0 Å². The lowest BCUT2D eigenvalue weighted by Crippen LogP contribution is -2.57. The molecule has 0 radical (unpaired) electrons. The molecule has 2 rings (SSSR count). The third kappa shape index (κ3) is 3.00. The zero-order chi connectivity index (χ0) is 12.7. The minimum absolute atomic E-state index is 0.147. The van der Waals surface area contributed by atoms with Crippen LogP contribution >= 0.6 is 0 Å². The maximum absolute atomic E-state index is 12.0. The van der Waals surface area contributed by atoms with Crippen LogP contribution in [-0.2, 0) is 19.9 Å². The minimum Gasteiger partial charge on any atom is -0.229 e. The second-order valence-electron chi connectivity index (χ2n) is 5.20. The van der Waals surface area contributed by atoms with Gasteiger partial charge in [-0.3, -0.25) is 0 Å². The maximum atomic E-state index is 12.0. The fourth-order valence-electron chi connectivity index (χ4n) is 2.48. The summed E-state index contributed by atoms with van der Waals surface area (Å²) in [7, 11) is -6.32. The Labute approximate surface area is 103 Å². The number of hydrogen-bond donors (Lipinski definition) is 0. The van der Waals surface area contributed by atoms with Crippen LogP contribution in [-0.4, -0.2) is 51.5 Å². The van der Waals surface area contributed by atoms with Crippen molar-refractivity contribution in [1.29, 1.82) is 0 Å². The standard InChI is InChI=1S/C10H19NO4S2/c1-16(12,13)10-6-11(7-10)17(14,15)8-9-4-2-3-5-9/h9-10H,2-8H2,1H3. The van der Waals surface area contributed by atoms with Crippen LogP contribution in [0.25, 0.3) is 0 Å². The van der Waals surface area contributed by atoms with Gasteiger partial charge in [-0.25, -0.2) is 16.8 Å². The molecule has 0 amide bonds. The van der Waals surface area contributed by atoms with Crippen LogP contribution < -0.4 is 0 Å². The molecule has 5 nitrogen and oxygen atoms in total. The normalized spacial score (nSPS) is 25.0. The third-order valence-corrected chi connectivity index (χ3v) is 7.22. The van der Waals surface area contributed by atoms with Crippen molar-refractivity contribution in [2.45, 2.75) is 30.9 Å². The van der Waals surface area contributed by atoms with Crippen LogP contribution in [0.5, 0.6) is 0 Å². The van der Waals surface area contributed by atoms with E-state index in [9.17, 15) is 16.8 Å². The average Bonchev–Trinajstić information content (AvgIpc) is 2.48. The SMILES string of the molecule is CS(=O)(=O)C1CN(S(=O)(=O)CC2CCCC2)C1. The van der Waals surface area contributed by atoms with Crippen molar-refractivity contribution in [2.24, 2.45) is 5.92 Å². The molecule has 1 saturated heterocycles. The third-order valence-electron chi connectivity index (χ3n) is 3.73. The van der Waals surface area contributed by atoms with Gasteiger partial charge < -0.3 is 0 Å². The van der Waals surface area contributed by atoms with Crippen molar-refractivity contribution in [3.8, 4) is 0 Å². The van der Waals surface area contributed by atoms with Crippen LogP contribution in [0, 0.1) is 5.92 Å². The molecule has 1 saturated carbocycles. The van der Waals surface area contributed by atoms with Gasteiger partial charge in [-0.15, -0.1) is 0 Å². The van der Waals surface area contributed by atoms with Gasteiger partial charge in [0.1, 0.15) is 0 Å². The van der Waals surface area contributed by atoms with Gasteiger partial charge in [0.15, 0.2) is 9.84 Å². The van der Waals surface area contributed by atoms with Gasteiger partial charge >= 0.3 is 0 Å². The molecule has 17 heavy (non-hydrogen) atoms. The summed E-state index contributed by atoms with van der Waals surface area (Å²) in [5.41, 5.74) is 0. The highest BCUT2D eigenvalue weighted by atomic mass is 32.2.